The first-order valence-corrected chi connectivity index (χ1v) is 8.22. The maximum absolute atomic E-state index is 6.10. The molecule has 0 radical (unpaired) electrons. The van der Waals surface area contributed by atoms with Gasteiger partial charge in [0, 0.05) is 25.2 Å². The van der Waals surface area contributed by atoms with E-state index in [-0.39, 0.29) is 0 Å². The van der Waals surface area contributed by atoms with Gasteiger partial charge in [-0.2, -0.15) is 0 Å². The highest BCUT2D eigenvalue weighted by atomic mass is 16.5. The molecule has 0 aromatic rings. The molecule has 0 amide bonds. The zero-order valence-corrected chi connectivity index (χ0v) is 12.3. The van der Waals surface area contributed by atoms with E-state index >= 15 is 0 Å². The quantitative estimate of drug-likeness (QED) is 0.769. The summed E-state index contributed by atoms with van der Waals surface area (Å²) < 4.78 is 11.8. The lowest BCUT2D eigenvalue weighted by Crippen LogP contribution is -2.41. The Morgan fingerprint density at radius 3 is 2.74 bits per heavy atom. The van der Waals surface area contributed by atoms with Crippen molar-refractivity contribution in [3.05, 3.63) is 0 Å². The highest BCUT2D eigenvalue weighted by Gasteiger charge is 2.50. The van der Waals surface area contributed by atoms with E-state index in [1.54, 1.807) is 0 Å². The molecule has 3 atom stereocenters. The van der Waals surface area contributed by atoms with E-state index in [0.717, 1.165) is 25.7 Å². The minimum absolute atomic E-state index is 0.411. The van der Waals surface area contributed by atoms with Gasteiger partial charge in [0.05, 0.1) is 12.2 Å². The molecule has 0 bridgehead atoms. The molecule has 110 valence electrons. The number of ether oxygens (including phenoxy) is 2. The standard InChI is InChI=1S/C16H29NO2/c1-17-12-16(8-2-4-14-5-3-10-18-14)9-11-19-15(16)13-6-7-13/h13-15,17H,2-12H2,1H3. The average molecular weight is 267 g/mol. The van der Waals surface area contributed by atoms with Crippen molar-refractivity contribution in [2.45, 2.75) is 63.6 Å². The van der Waals surface area contributed by atoms with Crippen LogP contribution in [0.5, 0.6) is 0 Å². The molecule has 2 aliphatic heterocycles. The maximum atomic E-state index is 6.10. The predicted octanol–water partition coefficient (Wildman–Crippen LogP) is 2.74. The molecule has 3 fully saturated rings. The number of rotatable bonds is 7. The van der Waals surface area contributed by atoms with Crippen LogP contribution in [0.25, 0.3) is 0 Å². The van der Waals surface area contributed by atoms with Crippen LogP contribution < -0.4 is 5.32 Å². The zero-order chi connectivity index (χ0) is 13.1. The molecule has 0 aromatic heterocycles. The summed E-state index contributed by atoms with van der Waals surface area (Å²) in [6, 6.07) is 0. The van der Waals surface area contributed by atoms with Crippen LogP contribution in [0.3, 0.4) is 0 Å². The van der Waals surface area contributed by atoms with Crippen molar-refractivity contribution in [2.75, 3.05) is 26.8 Å². The molecule has 0 spiro atoms. The molecule has 3 rings (SSSR count). The first-order valence-electron chi connectivity index (χ1n) is 8.22. The van der Waals surface area contributed by atoms with Crippen molar-refractivity contribution < 1.29 is 9.47 Å². The average Bonchev–Trinajstić information content (AvgIpc) is 2.96. The van der Waals surface area contributed by atoms with Gasteiger partial charge in [0.1, 0.15) is 0 Å². The van der Waals surface area contributed by atoms with Gasteiger partial charge in [0.15, 0.2) is 0 Å². The second kappa shape index (κ2) is 6.11. The fraction of sp³-hybridized carbons (Fsp3) is 1.00. The molecule has 1 saturated carbocycles. The van der Waals surface area contributed by atoms with E-state index in [9.17, 15) is 0 Å². The summed E-state index contributed by atoms with van der Waals surface area (Å²) in [5.41, 5.74) is 0.411. The van der Waals surface area contributed by atoms with Crippen molar-refractivity contribution in [2.24, 2.45) is 11.3 Å². The molecule has 2 heterocycles. The number of nitrogens with one attached hydrogen (secondary N) is 1. The summed E-state index contributed by atoms with van der Waals surface area (Å²) in [6.07, 6.45) is 11.5. The Bertz CT molecular complexity index is 286. The van der Waals surface area contributed by atoms with Gasteiger partial charge < -0.3 is 14.8 Å². The number of hydrogen-bond acceptors (Lipinski definition) is 3. The minimum Gasteiger partial charge on any atom is -0.378 e. The third kappa shape index (κ3) is 3.14. The van der Waals surface area contributed by atoms with Gasteiger partial charge in [-0.15, -0.1) is 0 Å². The lowest BCUT2D eigenvalue weighted by Gasteiger charge is -2.34. The van der Waals surface area contributed by atoms with E-state index in [2.05, 4.69) is 12.4 Å². The highest BCUT2D eigenvalue weighted by molar-refractivity contribution is 5.00. The van der Waals surface area contributed by atoms with Crippen LogP contribution in [0.2, 0.25) is 0 Å². The largest absolute Gasteiger partial charge is 0.378 e. The van der Waals surface area contributed by atoms with Crippen LogP contribution in [0.1, 0.15) is 51.4 Å². The summed E-state index contributed by atoms with van der Waals surface area (Å²) in [6.45, 7) is 3.09. The van der Waals surface area contributed by atoms with Crippen molar-refractivity contribution in [1.82, 2.24) is 5.32 Å². The zero-order valence-electron chi connectivity index (χ0n) is 12.3. The van der Waals surface area contributed by atoms with E-state index in [1.807, 2.05) is 0 Å². The first kappa shape index (κ1) is 13.8. The van der Waals surface area contributed by atoms with E-state index in [1.165, 1.54) is 51.4 Å². The van der Waals surface area contributed by atoms with Crippen LogP contribution >= 0.6 is 0 Å². The van der Waals surface area contributed by atoms with Gasteiger partial charge in [-0.1, -0.05) is 6.42 Å². The van der Waals surface area contributed by atoms with Crippen molar-refractivity contribution in [3.8, 4) is 0 Å². The summed E-state index contributed by atoms with van der Waals surface area (Å²) in [5.74, 6) is 0.860. The fourth-order valence-corrected chi connectivity index (χ4v) is 4.19. The minimum atomic E-state index is 0.411. The van der Waals surface area contributed by atoms with Gasteiger partial charge >= 0.3 is 0 Å². The summed E-state index contributed by atoms with van der Waals surface area (Å²) >= 11 is 0. The maximum Gasteiger partial charge on any atom is 0.0672 e. The van der Waals surface area contributed by atoms with Crippen molar-refractivity contribution in [3.63, 3.8) is 0 Å². The summed E-state index contributed by atoms with van der Waals surface area (Å²) in [7, 11) is 2.09. The second-order valence-corrected chi connectivity index (χ2v) is 6.80. The normalized spacial score (nSPS) is 39.0. The molecule has 3 nitrogen and oxygen atoms in total. The summed E-state index contributed by atoms with van der Waals surface area (Å²) in [5, 5.41) is 3.43. The summed E-state index contributed by atoms with van der Waals surface area (Å²) in [4.78, 5) is 0. The van der Waals surface area contributed by atoms with Crippen molar-refractivity contribution in [1.29, 1.82) is 0 Å². The van der Waals surface area contributed by atoms with E-state index < -0.39 is 0 Å². The Balaban J connectivity index is 1.53. The first-order chi connectivity index (χ1) is 9.34. The highest BCUT2D eigenvalue weighted by Crippen LogP contribution is 2.50. The third-order valence-corrected chi connectivity index (χ3v) is 5.30. The van der Waals surface area contributed by atoms with Gasteiger partial charge in [0.25, 0.3) is 0 Å². The smallest absolute Gasteiger partial charge is 0.0672 e. The Morgan fingerprint density at radius 1 is 1.16 bits per heavy atom. The number of hydrogen-bond donors (Lipinski definition) is 1. The third-order valence-electron chi connectivity index (χ3n) is 5.30. The van der Waals surface area contributed by atoms with Gasteiger partial charge in [0.2, 0.25) is 0 Å². The molecule has 3 heteroatoms. The topological polar surface area (TPSA) is 30.5 Å². The molecular weight excluding hydrogens is 238 g/mol. The van der Waals surface area contributed by atoms with Crippen LogP contribution in [0.4, 0.5) is 0 Å². The Labute approximate surface area is 117 Å². The van der Waals surface area contributed by atoms with Crippen LogP contribution in [-0.2, 0) is 9.47 Å². The van der Waals surface area contributed by atoms with E-state index in [4.69, 9.17) is 9.47 Å². The Kier molecular flexibility index (Phi) is 4.45. The molecule has 2 saturated heterocycles. The molecule has 1 N–H and O–H groups in total. The molecular formula is C16H29NO2. The molecule has 19 heavy (non-hydrogen) atoms. The van der Waals surface area contributed by atoms with Crippen LogP contribution in [-0.4, -0.2) is 39.0 Å². The molecule has 3 aliphatic rings. The molecule has 0 aromatic carbocycles. The van der Waals surface area contributed by atoms with Gasteiger partial charge in [-0.25, -0.2) is 0 Å². The van der Waals surface area contributed by atoms with Gasteiger partial charge in [-0.05, 0) is 57.9 Å². The lowest BCUT2D eigenvalue weighted by molar-refractivity contribution is 0.0233. The van der Waals surface area contributed by atoms with Gasteiger partial charge in [-0.3, -0.25) is 0 Å². The second-order valence-electron chi connectivity index (χ2n) is 6.80. The van der Waals surface area contributed by atoms with Crippen molar-refractivity contribution >= 4 is 0 Å². The lowest BCUT2D eigenvalue weighted by atomic mass is 9.74. The van der Waals surface area contributed by atoms with Crippen LogP contribution in [0.15, 0.2) is 0 Å². The van der Waals surface area contributed by atoms with Crippen LogP contribution in [0, 0.1) is 11.3 Å². The Hall–Kier alpha value is -0.120. The Morgan fingerprint density at radius 2 is 2.05 bits per heavy atom. The molecule has 1 aliphatic carbocycles. The fourth-order valence-electron chi connectivity index (χ4n) is 4.19. The van der Waals surface area contributed by atoms with E-state index in [0.29, 0.717) is 17.6 Å². The monoisotopic (exact) mass is 267 g/mol. The predicted molar refractivity (Wildman–Crippen MR) is 76.3 cm³/mol. The molecule has 3 unspecified atom stereocenters. The SMILES string of the molecule is CNCC1(CCCC2CCCO2)CCOC1C1CC1.